The zero-order valence-corrected chi connectivity index (χ0v) is 13.0. The molecular weight excluding hydrogens is 272 g/mol. The third-order valence-electron chi connectivity index (χ3n) is 4.16. The van der Waals surface area contributed by atoms with Gasteiger partial charge in [-0.2, -0.15) is 0 Å². The normalized spacial score (nSPS) is 14.1. The molecule has 3 aromatic rings. The predicted molar refractivity (Wildman–Crippen MR) is 91.2 cm³/mol. The van der Waals surface area contributed by atoms with Crippen LogP contribution in [0.2, 0.25) is 0 Å². The van der Waals surface area contributed by atoms with E-state index in [4.69, 9.17) is 0 Å². The number of fused-ring (bicyclic) bond motifs is 1. The lowest BCUT2D eigenvalue weighted by molar-refractivity contribution is 0.132. The fraction of sp³-hybridized carbons (Fsp3) is 0.263. The number of hydrogen-bond acceptors (Lipinski definition) is 2. The lowest BCUT2D eigenvalue weighted by atomic mass is 10.0. The molecule has 0 bridgehead atoms. The molecule has 114 valence electrons. The summed E-state index contributed by atoms with van der Waals surface area (Å²) in [7, 11) is 1.87. The largest absolute Gasteiger partial charge is 0.389 e. The van der Waals surface area contributed by atoms with Gasteiger partial charge in [0.2, 0.25) is 0 Å². The maximum absolute atomic E-state index is 10.7. The Labute approximate surface area is 131 Å². The van der Waals surface area contributed by atoms with Crippen LogP contribution >= 0.6 is 0 Å². The molecule has 0 spiro atoms. The van der Waals surface area contributed by atoms with Gasteiger partial charge in [-0.25, -0.2) is 0 Å². The Bertz CT molecular complexity index is 748. The first-order chi connectivity index (χ1) is 10.7. The zero-order chi connectivity index (χ0) is 15.5. The van der Waals surface area contributed by atoms with E-state index in [1.54, 1.807) is 0 Å². The molecule has 2 aromatic carbocycles. The fourth-order valence-electron chi connectivity index (χ4n) is 3.17. The van der Waals surface area contributed by atoms with Crippen molar-refractivity contribution in [3.63, 3.8) is 0 Å². The van der Waals surface area contributed by atoms with Gasteiger partial charge in [-0.15, -0.1) is 0 Å². The molecule has 0 radical (unpaired) electrons. The van der Waals surface area contributed by atoms with Crippen LogP contribution in [0.3, 0.4) is 0 Å². The van der Waals surface area contributed by atoms with Gasteiger partial charge in [-0.1, -0.05) is 48.5 Å². The molecule has 0 saturated heterocycles. The molecule has 1 heterocycles. The van der Waals surface area contributed by atoms with Gasteiger partial charge >= 0.3 is 0 Å². The highest BCUT2D eigenvalue weighted by atomic mass is 16.3. The molecule has 0 amide bonds. The van der Waals surface area contributed by atoms with Crippen LogP contribution in [-0.4, -0.2) is 29.4 Å². The van der Waals surface area contributed by atoms with Crippen molar-refractivity contribution in [2.45, 2.75) is 19.1 Å². The van der Waals surface area contributed by atoms with Crippen LogP contribution < -0.4 is 5.32 Å². The molecule has 3 heteroatoms. The Balaban J connectivity index is 2.16. The number of nitrogens with one attached hydrogen (secondary N) is 1. The summed E-state index contributed by atoms with van der Waals surface area (Å²) in [5.74, 6) is 0. The number of aliphatic hydroxyl groups excluding tert-OH is 1. The second kappa shape index (κ2) is 6.34. The van der Waals surface area contributed by atoms with Gasteiger partial charge < -0.3 is 15.0 Å². The van der Waals surface area contributed by atoms with Gasteiger partial charge in [-0.05, 0) is 36.6 Å². The van der Waals surface area contributed by atoms with E-state index >= 15 is 0 Å². The minimum absolute atomic E-state index is 0.104. The van der Waals surface area contributed by atoms with E-state index in [-0.39, 0.29) is 6.04 Å². The van der Waals surface area contributed by atoms with E-state index < -0.39 is 6.10 Å². The van der Waals surface area contributed by atoms with Crippen molar-refractivity contribution >= 4 is 10.9 Å². The Hall–Kier alpha value is -2.10. The number of nitrogens with zero attached hydrogens (tertiary/aromatic N) is 1. The van der Waals surface area contributed by atoms with Gasteiger partial charge in [0, 0.05) is 12.7 Å². The number of aliphatic hydroxyl groups is 1. The highest BCUT2D eigenvalue weighted by Crippen LogP contribution is 2.29. The molecule has 0 saturated carbocycles. The van der Waals surface area contributed by atoms with Crippen molar-refractivity contribution in [3.8, 4) is 0 Å². The number of para-hydroxylation sites is 1. The van der Waals surface area contributed by atoms with Gasteiger partial charge in [0.25, 0.3) is 0 Å². The summed E-state index contributed by atoms with van der Waals surface area (Å²) < 4.78 is 2.20. The van der Waals surface area contributed by atoms with Crippen LogP contribution in [0.4, 0.5) is 0 Å². The third kappa shape index (κ3) is 2.65. The van der Waals surface area contributed by atoms with Crippen molar-refractivity contribution in [2.75, 3.05) is 13.6 Å². The molecule has 0 aliphatic rings. The molecule has 22 heavy (non-hydrogen) atoms. The summed E-state index contributed by atoms with van der Waals surface area (Å²) in [5, 5.41) is 15.0. The Kier molecular flexibility index (Phi) is 4.27. The van der Waals surface area contributed by atoms with E-state index in [2.05, 4.69) is 59.4 Å². The molecule has 2 N–H and O–H groups in total. The van der Waals surface area contributed by atoms with Gasteiger partial charge in [-0.3, -0.25) is 0 Å². The number of benzene rings is 2. The number of likely N-dealkylation sites (N-methyl/N-ethyl adjacent to an activating group) is 1. The maximum atomic E-state index is 10.7. The van der Waals surface area contributed by atoms with Gasteiger partial charge in [0.1, 0.15) is 0 Å². The highest BCUT2D eigenvalue weighted by molar-refractivity contribution is 5.83. The summed E-state index contributed by atoms with van der Waals surface area (Å²) in [6.45, 7) is 2.66. The lowest BCUT2D eigenvalue weighted by Gasteiger charge is -2.26. The standard InChI is InChI=1S/C19H22N2O/c1-14-7-6-10-16-11-12-21(18(14)16)19(17(22)13-20-2)15-8-4-3-5-9-15/h3-12,17,19-20,22H,13H2,1-2H3/t17-,19+/m1/s1. The second-order valence-electron chi connectivity index (χ2n) is 5.72. The Morgan fingerprint density at radius 3 is 2.55 bits per heavy atom. The topological polar surface area (TPSA) is 37.2 Å². The minimum atomic E-state index is -0.498. The molecule has 2 atom stereocenters. The summed E-state index contributed by atoms with van der Waals surface area (Å²) >= 11 is 0. The monoisotopic (exact) mass is 294 g/mol. The maximum Gasteiger partial charge on any atom is 0.0912 e. The molecule has 0 unspecified atom stereocenters. The minimum Gasteiger partial charge on any atom is -0.389 e. The second-order valence-corrected chi connectivity index (χ2v) is 5.72. The number of rotatable bonds is 5. The Morgan fingerprint density at radius 1 is 1.05 bits per heavy atom. The average molecular weight is 294 g/mol. The van der Waals surface area contributed by atoms with E-state index in [0.717, 1.165) is 5.56 Å². The molecular formula is C19H22N2O. The van der Waals surface area contributed by atoms with Crippen molar-refractivity contribution in [3.05, 3.63) is 71.9 Å². The highest BCUT2D eigenvalue weighted by Gasteiger charge is 2.23. The smallest absolute Gasteiger partial charge is 0.0912 e. The van der Waals surface area contributed by atoms with Crippen LogP contribution in [-0.2, 0) is 0 Å². The van der Waals surface area contributed by atoms with E-state index in [1.165, 1.54) is 16.5 Å². The fourth-order valence-corrected chi connectivity index (χ4v) is 3.17. The predicted octanol–water partition coefficient (Wildman–Crippen LogP) is 3.12. The van der Waals surface area contributed by atoms with Crippen LogP contribution in [0.25, 0.3) is 10.9 Å². The average Bonchev–Trinajstić information content (AvgIpc) is 2.94. The third-order valence-corrected chi connectivity index (χ3v) is 4.16. The van der Waals surface area contributed by atoms with Crippen LogP contribution in [0.1, 0.15) is 17.2 Å². The van der Waals surface area contributed by atoms with Crippen molar-refractivity contribution in [1.29, 1.82) is 0 Å². The quantitative estimate of drug-likeness (QED) is 0.758. The lowest BCUT2D eigenvalue weighted by Crippen LogP contribution is -2.33. The van der Waals surface area contributed by atoms with Crippen LogP contribution in [0.15, 0.2) is 60.8 Å². The molecule has 0 aliphatic heterocycles. The summed E-state index contributed by atoms with van der Waals surface area (Å²) in [6, 6.07) is 18.5. The molecule has 0 fully saturated rings. The number of aryl methyl sites for hydroxylation is 1. The van der Waals surface area contributed by atoms with Gasteiger partial charge in [0.15, 0.2) is 0 Å². The first-order valence-electron chi connectivity index (χ1n) is 7.66. The summed E-state index contributed by atoms with van der Waals surface area (Å²) in [4.78, 5) is 0. The Morgan fingerprint density at radius 2 is 1.82 bits per heavy atom. The van der Waals surface area contributed by atoms with Crippen molar-refractivity contribution in [1.82, 2.24) is 9.88 Å². The zero-order valence-electron chi connectivity index (χ0n) is 13.0. The van der Waals surface area contributed by atoms with Crippen molar-refractivity contribution in [2.24, 2.45) is 0 Å². The summed E-state index contributed by atoms with van der Waals surface area (Å²) in [6.07, 6.45) is 1.58. The molecule has 3 rings (SSSR count). The van der Waals surface area contributed by atoms with E-state index in [1.807, 2.05) is 25.2 Å². The first-order valence-corrected chi connectivity index (χ1v) is 7.66. The van der Waals surface area contributed by atoms with Crippen LogP contribution in [0.5, 0.6) is 0 Å². The van der Waals surface area contributed by atoms with E-state index in [9.17, 15) is 5.11 Å². The van der Waals surface area contributed by atoms with Crippen molar-refractivity contribution < 1.29 is 5.11 Å². The molecule has 0 aliphatic carbocycles. The first kappa shape index (κ1) is 14.8. The molecule has 3 nitrogen and oxygen atoms in total. The molecule has 1 aromatic heterocycles. The van der Waals surface area contributed by atoms with E-state index in [0.29, 0.717) is 6.54 Å². The van der Waals surface area contributed by atoms with Gasteiger partial charge in [0.05, 0.1) is 17.7 Å². The number of aromatic nitrogens is 1. The number of hydrogen-bond donors (Lipinski definition) is 2. The SMILES string of the molecule is CNC[C@@H](O)[C@H](c1ccccc1)n1ccc2cccc(C)c21. The summed E-state index contributed by atoms with van der Waals surface area (Å²) in [5.41, 5.74) is 3.53. The van der Waals surface area contributed by atoms with Crippen LogP contribution in [0, 0.1) is 6.92 Å².